The minimum absolute atomic E-state index is 0. The van der Waals surface area contributed by atoms with Crippen LogP contribution in [0.1, 0.15) is 33.6 Å². The number of piperazine rings is 1. The lowest BCUT2D eigenvalue weighted by atomic mass is 10.1. The van der Waals surface area contributed by atoms with E-state index in [9.17, 15) is 0 Å². The predicted molar refractivity (Wildman–Crippen MR) is 123 cm³/mol. The van der Waals surface area contributed by atoms with Gasteiger partial charge in [-0.25, -0.2) is 0 Å². The Balaban J connectivity index is 0.00000312. The molecule has 148 valence electrons. The molecule has 2 atom stereocenters. The number of likely N-dealkylation sites (N-methyl/N-ethyl adjacent to an activating group) is 1. The van der Waals surface area contributed by atoms with Gasteiger partial charge in [0.25, 0.3) is 0 Å². The van der Waals surface area contributed by atoms with Crippen molar-refractivity contribution in [1.29, 1.82) is 0 Å². The number of nitrogens with one attached hydrogen (secondary N) is 2. The summed E-state index contributed by atoms with van der Waals surface area (Å²) in [7, 11) is 1.87. The number of aliphatic imine (C=N–C) groups is 1. The maximum absolute atomic E-state index is 4.38. The van der Waals surface area contributed by atoms with E-state index in [1.165, 1.54) is 57.9 Å². The zero-order valence-electron chi connectivity index (χ0n) is 16.5. The Morgan fingerprint density at radius 2 is 1.88 bits per heavy atom. The standard InChI is InChI=1S/C18H37N5S.HI/c1-5-22-8-10-23(11-9-22)14-16(2)13-20-17(19-4)21-15-18(3)7-6-12-24-18;/h16H,5-15H2,1-4H3,(H2,19,20,21);1H. The molecule has 2 fully saturated rings. The average Bonchev–Trinajstić information content (AvgIpc) is 3.02. The fraction of sp³-hybridized carbons (Fsp3) is 0.944. The lowest BCUT2D eigenvalue weighted by Crippen LogP contribution is -2.49. The smallest absolute Gasteiger partial charge is 0.191 e. The molecule has 0 radical (unpaired) electrons. The lowest BCUT2D eigenvalue weighted by molar-refractivity contribution is 0.124. The second-order valence-electron chi connectivity index (χ2n) is 7.55. The number of halogens is 1. The quantitative estimate of drug-likeness (QED) is 0.331. The van der Waals surface area contributed by atoms with E-state index in [-0.39, 0.29) is 24.0 Å². The summed E-state index contributed by atoms with van der Waals surface area (Å²) in [6, 6.07) is 0. The Morgan fingerprint density at radius 1 is 1.20 bits per heavy atom. The molecule has 2 aliphatic heterocycles. The van der Waals surface area contributed by atoms with E-state index in [1.54, 1.807) is 0 Å². The van der Waals surface area contributed by atoms with Crippen LogP contribution in [0.15, 0.2) is 4.99 Å². The molecule has 5 nitrogen and oxygen atoms in total. The van der Waals surface area contributed by atoms with Gasteiger partial charge in [-0.2, -0.15) is 11.8 Å². The van der Waals surface area contributed by atoms with Gasteiger partial charge in [0.2, 0.25) is 0 Å². The molecule has 25 heavy (non-hydrogen) atoms. The van der Waals surface area contributed by atoms with Crippen molar-refractivity contribution in [3.8, 4) is 0 Å². The third kappa shape index (κ3) is 8.22. The summed E-state index contributed by atoms with van der Waals surface area (Å²) in [5.41, 5.74) is 0. The van der Waals surface area contributed by atoms with Crippen LogP contribution in [0.3, 0.4) is 0 Å². The van der Waals surface area contributed by atoms with Gasteiger partial charge in [0.15, 0.2) is 5.96 Å². The van der Waals surface area contributed by atoms with Gasteiger partial charge in [-0.1, -0.05) is 13.8 Å². The number of hydrogen-bond donors (Lipinski definition) is 2. The molecule has 0 amide bonds. The van der Waals surface area contributed by atoms with Gasteiger partial charge in [-0.05, 0) is 38.0 Å². The number of hydrogen-bond acceptors (Lipinski definition) is 4. The number of nitrogens with zero attached hydrogens (tertiary/aromatic N) is 3. The minimum atomic E-state index is 0. The van der Waals surface area contributed by atoms with Crippen molar-refractivity contribution >= 4 is 41.7 Å². The number of rotatable bonds is 7. The Bertz CT molecular complexity index is 393. The third-order valence-electron chi connectivity index (χ3n) is 5.25. The molecule has 2 saturated heterocycles. The number of thioether (sulfide) groups is 1. The molecule has 0 aromatic carbocycles. The van der Waals surface area contributed by atoms with Gasteiger partial charge in [0.1, 0.15) is 0 Å². The highest BCUT2D eigenvalue weighted by atomic mass is 127. The topological polar surface area (TPSA) is 42.9 Å². The van der Waals surface area contributed by atoms with E-state index in [0.717, 1.165) is 19.0 Å². The van der Waals surface area contributed by atoms with E-state index >= 15 is 0 Å². The van der Waals surface area contributed by atoms with Crippen molar-refractivity contribution in [2.24, 2.45) is 10.9 Å². The first-order valence-electron chi connectivity index (χ1n) is 9.58. The molecular formula is C18H38IN5S. The lowest BCUT2D eigenvalue weighted by Gasteiger charge is -2.35. The van der Waals surface area contributed by atoms with Crippen LogP contribution in [-0.2, 0) is 0 Å². The molecular weight excluding hydrogens is 445 g/mol. The Labute approximate surface area is 176 Å². The molecule has 0 spiro atoms. The van der Waals surface area contributed by atoms with E-state index < -0.39 is 0 Å². The van der Waals surface area contributed by atoms with Crippen LogP contribution in [0.25, 0.3) is 0 Å². The highest BCUT2D eigenvalue weighted by Gasteiger charge is 2.29. The number of guanidine groups is 1. The normalized spacial score (nSPS) is 27.0. The van der Waals surface area contributed by atoms with E-state index in [2.05, 4.69) is 58.0 Å². The second-order valence-corrected chi connectivity index (χ2v) is 9.23. The van der Waals surface area contributed by atoms with Crippen molar-refractivity contribution in [3.63, 3.8) is 0 Å². The summed E-state index contributed by atoms with van der Waals surface area (Å²) in [4.78, 5) is 9.52. The first-order valence-corrected chi connectivity index (χ1v) is 10.6. The van der Waals surface area contributed by atoms with E-state index in [4.69, 9.17) is 0 Å². The molecule has 0 bridgehead atoms. The van der Waals surface area contributed by atoms with Crippen LogP contribution in [0.5, 0.6) is 0 Å². The molecule has 0 aromatic heterocycles. The van der Waals surface area contributed by atoms with Crippen molar-refractivity contribution in [2.75, 3.05) is 65.2 Å². The minimum Gasteiger partial charge on any atom is -0.356 e. The van der Waals surface area contributed by atoms with Crippen LogP contribution in [-0.4, -0.2) is 85.7 Å². The molecule has 2 rings (SSSR count). The SMILES string of the molecule is CCN1CCN(CC(C)CNC(=NC)NCC2(C)CCCS2)CC1.I. The second kappa shape index (κ2) is 11.9. The third-order valence-corrected chi connectivity index (χ3v) is 6.79. The van der Waals surface area contributed by atoms with Crippen molar-refractivity contribution in [1.82, 2.24) is 20.4 Å². The molecule has 2 N–H and O–H groups in total. The Morgan fingerprint density at radius 3 is 2.44 bits per heavy atom. The van der Waals surface area contributed by atoms with Crippen LogP contribution in [0.2, 0.25) is 0 Å². The monoisotopic (exact) mass is 483 g/mol. The van der Waals surface area contributed by atoms with E-state index in [1.807, 2.05) is 7.05 Å². The van der Waals surface area contributed by atoms with Gasteiger partial charge >= 0.3 is 0 Å². The molecule has 2 aliphatic rings. The Kier molecular flexibility index (Phi) is 11.1. The maximum atomic E-state index is 4.38. The van der Waals surface area contributed by atoms with Crippen LogP contribution in [0, 0.1) is 5.92 Å². The molecule has 7 heteroatoms. The first kappa shape index (κ1) is 23.3. The highest BCUT2D eigenvalue weighted by molar-refractivity contribution is 14.0. The molecule has 0 aromatic rings. The molecule has 0 aliphatic carbocycles. The summed E-state index contributed by atoms with van der Waals surface area (Å²) >= 11 is 2.09. The van der Waals surface area contributed by atoms with Crippen molar-refractivity contribution < 1.29 is 0 Å². The summed E-state index contributed by atoms with van der Waals surface area (Å²) in [6.45, 7) is 16.2. The van der Waals surface area contributed by atoms with Crippen LogP contribution < -0.4 is 10.6 Å². The van der Waals surface area contributed by atoms with Gasteiger partial charge < -0.3 is 20.4 Å². The van der Waals surface area contributed by atoms with Gasteiger partial charge in [0.05, 0.1) is 0 Å². The molecule has 0 saturated carbocycles. The van der Waals surface area contributed by atoms with Gasteiger partial charge in [-0.15, -0.1) is 24.0 Å². The first-order chi connectivity index (χ1) is 11.5. The molecule has 2 heterocycles. The van der Waals surface area contributed by atoms with Crippen LogP contribution >= 0.6 is 35.7 Å². The predicted octanol–water partition coefficient (Wildman–Crippen LogP) is 2.33. The maximum Gasteiger partial charge on any atom is 0.191 e. The van der Waals surface area contributed by atoms with Crippen molar-refractivity contribution in [2.45, 2.75) is 38.4 Å². The average molecular weight is 484 g/mol. The van der Waals surface area contributed by atoms with Crippen LogP contribution in [0.4, 0.5) is 0 Å². The summed E-state index contributed by atoms with van der Waals surface area (Å²) in [5.74, 6) is 2.88. The van der Waals surface area contributed by atoms with Gasteiger partial charge in [-0.3, -0.25) is 4.99 Å². The Hall–Kier alpha value is 0.270. The summed E-state index contributed by atoms with van der Waals surface area (Å²) in [6.07, 6.45) is 2.65. The fourth-order valence-corrected chi connectivity index (χ4v) is 4.78. The highest BCUT2D eigenvalue weighted by Crippen LogP contribution is 2.36. The largest absolute Gasteiger partial charge is 0.356 e. The van der Waals surface area contributed by atoms with Gasteiger partial charge in [0, 0.05) is 57.6 Å². The fourth-order valence-electron chi connectivity index (χ4n) is 3.53. The molecule has 2 unspecified atom stereocenters. The zero-order chi connectivity index (χ0) is 17.4. The van der Waals surface area contributed by atoms with Crippen molar-refractivity contribution in [3.05, 3.63) is 0 Å². The zero-order valence-corrected chi connectivity index (χ0v) is 19.7. The summed E-state index contributed by atoms with van der Waals surface area (Å²) in [5, 5.41) is 7.03. The summed E-state index contributed by atoms with van der Waals surface area (Å²) < 4.78 is 0.377. The van der Waals surface area contributed by atoms with E-state index in [0.29, 0.717) is 10.7 Å².